The van der Waals surface area contributed by atoms with E-state index < -0.39 is 15.8 Å². The van der Waals surface area contributed by atoms with Gasteiger partial charge in [0.25, 0.3) is 15.9 Å². The molecule has 1 N–H and O–H groups in total. The Morgan fingerprint density at radius 1 is 1.03 bits per heavy atom. The standard InChI is InChI=1S/C29H29FN4O4S/c1-20-17-23(9-10-25(20)32-39(36,37)27-7-3-5-22-6-4-12-31-28(22)27)29(35)34-15-13-33(14-16-34)19-21-8-11-26(38-2)24(30)18-21/h3-12,17-18,32H,13-16,19H2,1-2H3. The molecule has 1 fully saturated rings. The highest BCUT2D eigenvalue weighted by molar-refractivity contribution is 7.93. The molecule has 3 aromatic carbocycles. The molecule has 8 nitrogen and oxygen atoms in total. The van der Waals surface area contributed by atoms with Crippen molar-refractivity contribution in [1.82, 2.24) is 14.8 Å². The number of nitrogens with one attached hydrogen (secondary N) is 1. The van der Waals surface area contributed by atoms with Crippen LogP contribution in [0.25, 0.3) is 10.9 Å². The number of benzene rings is 3. The fourth-order valence-electron chi connectivity index (χ4n) is 4.76. The molecule has 0 unspecified atom stereocenters. The molecule has 0 saturated carbocycles. The summed E-state index contributed by atoms with van der Waals surface area (Å²) < 4.78 is 48.0. The number of sulfonamides is 1. The molecule has 0 radical (unpaired) electrons. The predicted molar refractivity (Wildman–Crippen MR) is 148 cm³/mol. The van der Waals surface area contributed by atoms with Crippen LogP contribution in [0.2, 0.25) is 0 Å². The Hall–Kier alpha value is -4.02. The van der Waals surface area contributed by atoms with Gasteiger partial charge in [0.2, 0.25) is 0 Å². The molecule has 1 aliphatic heterocycles. The zero-order chi connectivity index (χ0) is 27.6. The van der Waals surface area contributed by atoms with Gasteiger partial charge in [0, 0.05) is 49.9 Å². The van der Waals surface area contributed by atoms with Crippen LogP contribution in [0.3, 0.4) is 0 Å². The SMILES string of the molecule is COc1ccc(CN2CCN(C(=O)c3ccc(NS(=O)(=O)c4cccc5cccnc45)c(C)c3)CC2)cc1F. The fourth-order valence-corrected chi connectivity index (χ4v) is 6.07. The van der Waals surface area contributed by atoms with Gasteiger partial charge in [-0.15, -0.1) is 0 Å². The van der Waals surface area contributed by atoms with E-state index in [4.69, 9.17) is 4.74 Å². The van der Waals surface area contributed by atoms with Gasteiger partial charge in [-0.05, 0) is 60.5 Å². The van der Waals surface area contributed by atoms with E-state index >= 15 is 0 Å². The monoisotopic (exact) mass is 548 g/mol. The number of methoxy groups -OCH3 is 1. The molecule has 1 aliphatic rings. The fraction of sp³-hybridized carbons (Fsp3) is 0.241. The number of ether oxygens (including phenoxy) is 1. The number of halogens is 1. The third kappa shape index (κ3) is 5.71. The van der Waals surface area contributed by atoms with Crippen molar-refractivity contribution in [2.75, 3.05) is 38.0 Å². The smallest absolute Gasteiger partial charge is 0.264 e. The van der Waals surface area contributed by atoms with Crippen molar-refractivity contribution in [3.8, 4) is 5.75 Å². The lowest BCUT2D eigenvalue weighted by Crippen LogP contribution is -2.48. The minimum absolute atomic E-state index is 0.0930. The molecule has 0 aliphatic carbocycles. The topological polar surface area (TPSA) is 91.8 Å². The Bertz CT molecular complexity index is 1630. The number of para-hydroxylation sites is 1. The third-order valence-corrected chi connectivity index (χ3v) is 8.28. The summed E-state index contributed by atoms with van der Waals surface area (Å²) in [6.45, 7) is 4.76. The number of aromatic nitrogens is 1. The van der Waals surface area contributed by atoms with Gasteiger partial charge in [-0.3, -0.25) is 19.4 Å². The van der Waals surface area contributed by atoms with Crippen LogP contribution < -0.4 is 9.46 Å². The summed E-state index contributed by atoms with van der Waals surface area (Å²) in [5.41, 5.74) is 2.77. The van der Waals surface area contributed by atoms with Gasteiger partial charge in [-0.25, -0.2) is 12.8 Å². The van der Waals surface area contributed by atoms with Crippen LogP contribution in [0, 0.1) is 12.7 Å². The van der Waals surface area contributed by atoms with E-state index in [1.165, 1.54) is 19.2 Å². The van der Waals surface area contributed by atoms with Crippen molar-refractivity contribution >= 4 is 32.5 Å². The van der Waals surface area contributed by atoms with Gasteiger partial charge < -0.3 is 9.64 Å². The zero-order valence-corrected chi connectivity index (χ0v) is 22.5. The quantitative estimate of drug-likeness (QED) is 0.367. The lowest BCUT2D eigenvalue weighted by molar-refractivity contribution is 0.0628. The van der Waals surface area contributed by atoms with Crippen molar-refractivity contribution in [3.63, 3.8) is 0 Å². The number of aryl methyl sites for hydroxylation is 1. The van der Waals surface area contributed by atoms with Crippen LogP contribution in [0.4, 0.5) is 10.1 Å². The Balaban J connectivity index is 1.23. The van der Waals surface area contributed by atoms with E-state index in [1.54, 1.807) is 54.4 Å². The highest BCUT2D eigenvalue weighted by atomic mass is 32.2. The van der Waals surface area contributed by atoms with Crippen molar-refractivity contribution in [2.24, 2.45) is 0 Å². The molecule has 0 spiro atoms. The number of hydrogen-bond donors (Lipinski definition) is 1. The summed E-state index contributed by atoms with van der Waals surface area (Å²) in [4.78, 5) is 21.5. The molecule has 4 aromatic rings. The highest BCUT2D eigenvalue weighted by Gasteiger charge is 2.24. The van der Waals surface area contributed by atoms with Crippen LogP contribution in [-0.2, 0) is 16.6 Å². The summed E-state index contributed by atoms with van der Waals surface area (Å²) in [5.74, 6) is -0.284. The Morgan fingerprint density at radius 2 is 1.79 bits per heavy atom. The van der Waals surface area contributed by atoms with Gasteiger partial charge in [-0.2, -0.15) is 0 Å². The average Bonchev–Trinajstić information content (AvgIpc) is 2.94. The van der Waals surface area contributed by atoms with E-state index in [0.29, 0.717) is 55.1 Å². The molecule has 202 valence electrons. The largest absolute Gasteiger partial charge is 0.494 e. The Kier molecular flexibility index (Phi) is 7.49. The number of nitrogens with zero attached hydrogens (tertiary/aromatic N) is 3. The molecule has 1 aromatic heterocycles. The maximum atomic E-state index is 14.0. The summed E-state index contributed by atoms with van der Waals surface area (Å²) >= 11 is 0. The van der Waals surface area contributed by atoms with Gasteiger partial charge in [0.15, 0.2) is 11.6 Å². The normalized spacial score (nSPS) is 14.4. The molecule has 1 saturated heterocycles. The molecular formula is C29H29FN4O4S. The van der Waals surface area contributed by atoms with E-state index in [0.717, 1.165) is 10.9 Å². The van der Waals surface area contributed by atoms with Crippen molar-refractivity contribution in [3.05, 3.63) is 95.4 Å². The number of amides is 1. The molecule has 10 heteroatoms. The summed E-state index contributed by atoms with van der Waals surface area (Å²) in [5, 5.41) is 0.731. The maximum Gasteiger partial charge on any atom is 0.264 e. The first-order chi connectivity index (χ1) is 18.7. The first kappa shape index (κ1) is 26.6. The van der Waals surface area contributed by atoms with Crippen LogP contribution in [0.1, 0.15) is 21.5 Å². The van der Waals surface area contributed by atoms with Gasteiger partial charge in [0.1, 0.15) is 4.90 Å². The van der Waals surface area contributed by atoms with Crippen LogP contribution in [0.15, 0.2) is 77.8 Å². The van der Waals surface area contributed by atoms with E-state index in [2.05, 4.69) is 14.6 Å². The van der Waals surface area contributed by atoms with E-state index in [-0.39, 0.29) is 16.6 Å². The molecule has 39 heavy (non-hydrogen) atoms. The summed E-state index contributed by atoms with van der Waals surface area (Å²) in [6.07, 6.45) is 1.56. The average molecular weight is 549 g/mol. The third-order valence-electron chi connectivity index (χ3n) is 6.88. The number of rotatable bonds is 7. The first-order valence-electron chi connectivity index (χ1n) is 12.6. The lowest BCUT2D eigenvalue weighted by atomic mass is 10.1. The number of pyridine rings is 1. The second kappa shape index (κ2) is 11.0. The minimum atomic E-state index is -3.90. The van der Waals surface area contributed by atoms with E-state index in [9.17, 15) is 17.6 Å². The van der Waals surface area contributed by atoms with Crippen molar-refractivity contribution < 1.29 is 22.3 Å². The lowest BCUT2D eigenvalue weighted by Gasteiger charge is -2.35. The second-order valence-corrected chi connectivity index (χ2v) is 11.2. The molecular weight excluding hydrogens is 519 g/mol. The number of anilines is 1. The van der Waals surface area contributed by atoms with Crippen molar-refractivity contribution in [2.45, 2.75) is 18.4 Å². The van der Waals surface area contributed by atoms with Crippen LogP contribution in [-0.4, -0.2) is 62.4 Å². The second-order valence-electron chi connectivity index (χ2n) is 9.50. The molecule has 2 heterocycles. The predicted octanol–water partition coefficient (Wildman–Crippen LogP) is 4.45. The van der Waals surface area contributed by atoms with E-state index in [1.807, 2.05) is 18.2 Å². The van der Waals surface area contributed by atoms with Gasteiger partial charge in [0.05, 0.1) is 18.3 Å². The Morgan fingerprint density at radius 3 is 2.51 bits per heavy atom. The van der Waals surface area contributed by atoms with Crippen LogP contribution >= 0.6 is 0 Å². The Labute approximate surface area is 227 Å². The van der Waals surface area contributed by atoms with Gasteiger partial charge >= 0.3 is 0 Å². The van der Waals surface area contributed by atoms with Crippen LogP contribution in [0.5, 0.6) is 5.75 Å². The molecule has 0 bridgehead atoms. The van der Waals surface area contributed by atoms with Gasteiger partial charge in [-0.1, -0.05) is 24.3 Å². The number of carbonyl (C=O) groups excluding carboxylic acids is 1. The van der Waals surface area contributed by atoms with Crippen molar-refractivity contribution in [1.29, 1.82) is 0 Å². The highest BCUT2D eigenvalue weighted by Crippen LogP contribution is 2.26. The molecule has 1 amide bonds. The number of fused-ring (bicyclic) bond motifs is 1. The first-order valence-corrected chi connectivity index (χ1v) is 14.0. The number of hydrogen-bond acceptors (Lipinski definition) is 6. The maximum absolute atomic E-state index is 14.0. The number of carbonyl (C=O) groups is 1. The molecule has 0 atom stereocenters. The molecule has 5 rings (SSSR count). The zero-order valence-electron chi connectivity index (χ0n) is 21.7. The minimum Gasteiger partial charge on any atom is -0.494 e. The summed E-state index contributed by atoms with van der Waals surface area (Å²) in [7, 11) is -2.46. The number of piperazine rings is 1. The summed E-state index contributed by atoms with van der Waals surface area (Å²) in [6, 6.07) is 18.5.